The maximum Gasteiger partial charge on any atom is 0.517 e. The molecule has 0 unspecified atom stereocenters. The second-order valence-electron chi connectivity index (χ2n) is 2.21. The molecule has 0 atom stereocenters. The Bertz CT molecular complexity index is 317. The summed E-state index contributed by atoms with van der Waals surface area (Å²) in [6, 6.07) is 7.94. The van der Waals surface area contributed by atoms with Crippen LogP contribution in [0.1, 0.15) is 5.56 Å². The van der Waals surface area contributed by atoms with E-state index in [1.807, 2.05) is 6.07 Å². The van der Waals surface area contributed by atoms with Gasteiger partial charge in [-0.15, -0.1) is 0 Å². The number of nitriles is 1. The van der Waals surface area contributed by atoms with Crippen LogP contribution in [0, 0.1) is 16.2 Å². The molecule has 5 heteroatoms. The minimum atomic E-state index is -1.34. The van der Waals surface area contributed by atoms with E-state index in [4.69, 9.17) is 10.3 Å². The lowest BCUT2D eigenvalue weighted by atomic mass is 9.76. The number of nitrogens with zero attached hydrogens (tertiary/aromatic N) is 2. The third-order valence-electron chi connectivity index (χ3n) is 1.44. The normalized spacial score (nSPS) is 8.67. The Morgan fingerprint density at radius 1 is 1.42 bits per heavy atom. The first-order chi connectivity index (χ1) is 5.77. The fourth-order valence-corrected chi connectivity index (χ4v) is 0.791. The van der Waals surface area contributed by atoms with Crippen molar-refractivity contribution in [3.63, 3.8) is 0 Å². The lowest BCUT2D eigenvalue weighted by Gasteiger charge is -1.95. The summed E-state index contributed by atoms with van der Waals surface area (Å²) >= 11 is 0. The highest BCUT2D eigenvalue weighted by atomic mass is 16.3. The second kappa shape index (κ2) is 3.65. The van der Waals surface area contributed by atoms with Crippen LogP contribution in [0.2, 0.25) is 0 Å². The monoisotopic (exact) mass is 160 g/mol. The average Bonchev–Trinajstić information content (AvgIpc) is 2.17. The summed E-state index contributed by atoms with van der Waals surface area (Å²) in [5.74, 6) is 0. The van der Waals surface area contributed by atoms with E-state index in [9.17, 15) is 4.91 Å². The zero-order valence-electron chi connectivity index (χ0n) is 6.14. The molecule has 4 nitrogen and oxygen atoms in total. The fourth-order valence-electron chi connectivity index (χ4n) is 0.791. The predicted octanol–water partition coefficient (Wildman–Crippen LogP) is 0.0122. The summed E-state index contributed by atoms with van der Waals surface area (Å²) in [6.07, 6.45) is 0. The van der Waals surface area contributed by atoms with Crippen LogP contribution in [-0.4, -0.2) is 12.1 Å². The van der Waals surface area contributed by atoms with E-state index in [1.165, 1.54) is 24.3 Å². The molecule has 0 aromatic heterocycles. The number of benzene rings is 1. The maximum atomic E-state index is 9.89. The summed E-state index contributed by atoms with van der Waals surface area (Å²) in [4.78, 5) is 9.89. The Morgan fingerprint density at radius 3 is 2.42 bits per heavy atom. The van der Waals surface area contributed by atoms with E-state index < -0.39 is 7.05 Å². The first-order valence-corrected chi connectivity index (χ1v) is 3.28. The Morgan fingerprint density at radius 2 is 2.00 bits per heavy atom. The molecule has 0 bridgehead atoms. The molecule has 0 aliphatic heterocycles. The predicted molar refractivity (Wildman–Crippen MR) is 44.6 cm³/mol. The highest BCUT2D eigenvalue weighted by Gasteiger charge is 2.14. The quantitative estimate of drug-likeness (QED) is 0.489. The zero-order valence-corrected chi connectivity index (χ0v) is 6.14. The van der Waals surface area contributed by atoms with Crippen molar-refractivity contribution in [2.24, 2.45) is 5.09 Å². The topological polar surface area (TPSA) is 73.4 Å². The van der Waals surface area contributed by atoms with Crippen LogP contribution < -0.4 is 5.46 Å². The van der Waals surface area contributed by atoms with Crippen molar-refractivity contribution in [3.05, 3.63) is 34.7 Å². The van der Waals surface area contributed by atoms with E-state index >= 15 is 0 Å². The lowest BCUT2D eigenvalue weighted by Crippen LogP contribution is -2.27. The van der Waals surface area contributed by atoms with Gasteiger partial charge >= 0.3 is 7.05 Å². The van der Waals surface area contributed by atoms with Gasteiger partial charge < -0.3 is 5.02 Å². The lowest BCUT2D eigenvalue weighted by molar-refractivity contribution is 0.587. The maximum absolute atomic E-state index is 9.89. The summed E-state index contributed by atoms with van der Waals surface area (Å²) in [5.41, 5.74) is 0.876. The van der Waals surface area contributed by atoms with Crippen molar-refractivity contribution >= 4 is 12.5 Å². The summed E-state index contributed by atoms with van der Waals surface area (Å²) in [7, 11) is -1.34. The molecule has 0 heterocycles. The van der Waals surface area contributed by atoms with Gasteiger partial charge in [-0.1, -0.05) is 17.2 Å². The molecule has 0 amide bonds. The molecule has 0 aliphatic carbocycles. The standard InChI is InChI=1S/C7H5BN2O2/c9-5-6-1-3-7(4-2-6)8(11)10-12/h1-4,11H. The van der Waals surface area contributed by atoms with Crippen molar-refractivity contribution in [3.8, 4) is 6.07 Å². The largest absolute Gasteiger partial charge is 0.517 e. The number of hydrogen-bond donors (Lipinski definition) is 1. The molecule has 0 aliphatic rings. The Kier molecular flexibility index (Phi) is 2.56. The van der Waals surface area contributed by atoms with E-state index in [0.717, 1.165) is 0 Å². The van der Waals surface area contributed by atoms with Crippen molar-refractivity contribution in [2.75, 3.05) is 0 Å². The average molecular weight is 160 g/mol. The summed E-state index contributed by atoms with van der Waals surface area (Å²) in [6.45, 7) is 0. The van der Waals surface area contributed by atoms with Crippen molar-refractivity contribution in [1.29, 1.82) is 5.26 Å². The van der Waals surface area contributed by atoms with Gasteiger partial charge in [0.1, 0.15) is 0 Å². The molecule has 0 saturated carbocycles. The molecule has 0 spiro atoms. The van der Waals surface area contributed by atoms with Crippen LogP contribution >= 0.6 is 0 Å². The third-order valence-corrected chi connectivity index (χ3v) is 1.44. The molecule has 1 rings (SSSR count). The molecule has 0 saturated heterocycles. The van der Waals surface area contributed by atoms with E-state index in [0.29, 0.717) is 11.0 Å². The van der Waals surface area contributed by atoms with Gasteiger partial charge in [-0.25, -0.2) is 0 Å². The van der Waals surface area contributed by atoms with Gasteiger partial charge in [-0.2, -0.15) is 10.2 Å². The van der Waals surface area contributed by atoms with Gasteiger partial charge in [0.05, 0.1) is 11.6 Å². The molecule has 0 fully saturated rings. The van der Waals surface area contributed by atoms with Gasteiger partial charge in [0.25, 0.3) is 0 Å². The molecular weight excluding hydrogens is 155 g/mol. The second-order valence-corrected chi connectivity index (χ2v) is 2.21. The van der Waals surface area contributed by atoms with Crippen LogP contribution in [0.25, 0.3) is 0 Å². The number of nitroso groups, excluding NO2 is 1. The number of hydrogen-bond acceptors (Lipinski definition) is 4. The van der Waals surface area contributed by atoms with Gasteiger partial charge in [-0.05, 0) is 17.6 Å². The minimum Gasteiger partial charge on any atom is -0.425 e. The summed E-state index contributed by atoms with van der Waals surface area (Å²) < 4.78 is 0. The SMILES string of the molecule is N#Cc1ccc(B(O)N=O)cc1. The first-order valence-electron chi connectivity index (χ1n) is 3.28. The molecule has 58 valence electrons. The Labute approximate surface area is 69.6 Å². The highest BCUT2D eigenvalue weighted by Crippen LogP contribution is 1.94. The van der Waals surface area contributed by atoms with Crippen LogP contribution in [0.4, 0.5) is 0 Å². The molecule has 1 N–H and O–H groups in total. The smallest absolute Gasteiger partial charge is 0.425 e. The molecule has 0 radical (unpaired) electrons. The van der Waals surface area contributed by atoms with Crippen LogP contribution in [-0.2, 0) is 0 Å². The molecule has 12 heavy (non-hydrogen) atoms. The zero-order chi connectivity index (χ0) is 8.97. The van der Waals surface area contributed by atoms with Gasteiger partial charge in [0.2, 0.25) is 0 Å². The third kappa shape index (κ3) is 1.68. The van der Waals surface area contributed by atoms with Crippen molar-refractivity contribution in [1.82, 2.24) is 0 Å². The van der Waals surface area contributed by atoms with Gasteiger partial charge in [0.15, 0.2) is 0 Å². The van der Waals surface area contributed by atoms with Gasteiger partial charge in [0, 0.05) is 0 Å². The van der Waals surface area contributed by atoms with E-state index in [-0.39, 0.29) is 0 Å². The van der Waals surface area contributed by atoms with Crippen LogP contribution in [0.5, 0.6) is 0 Å². The fraction of sp³-hybridized carbons (Fsp3) is 0. The van der Waals surface area contributed by atoms with Crippen LogP contribution in [0.15, 0.2) is 29.4 Å². The van der Waals surface area contributed by atoms with E-state index in [2.05, 4.69) is 5.09 Å². The molecule has 1 aromatic rings. The van der Waals surface area contributed by atoms with Gasteiger partial charge in [-0.3, -0.25) is 0 Å². The Hall–Kier alpha value is -1.67. The Balaban J connectivity index is 2.93. The van der Waals surface area contributed by atoms with Crippen molar-refractivity contribution in [2.45, 2.75) is 0 Å². The first kappa shape index (κ1) is 8.43. The minimum absolute atomic E-state index is 0.393. The molecule has 1 aromatic carbocycles. The summed E-state index contributed by atoms with van der Waals surface area (Å²) in [5, 5.41) is 19.8. The highest BCUT2D eigenvalue weighted by molar-refractivity contribution is 6.64. The number of rotatable bonds is 2. The van der Waals surface area contributed by atoms with Crippen molar-refractivity contribution < 1.29 is 5.02 Å². The van der Waals surface area contributed by atoms with Crippen LogP contribution in [0.3, 0.4) is 0 Å². The van der Waals surface area contributed by atoms with E-state index in [1.54, 1.807) is 0 Å². The molecular formula is C7H5BN2O2.